The molecular weight excluding hydrogens is 348 g/mol. The van der Waals surface area contributed by atoms with Gasteiger partial charge in [-0.2, -0.15) is 0 Å². The number of amides is 2. The van der Waals surface area contributed by atoms with E-state index in [0.717, 1.165) is 22.4 Å². The van der Waals surface area contributed by atoms with Crippen molar-refractivity contribution in [2.75, 3.05) is 11.9 Å². The SMILES string of the molecule is Cc1cc(C)c(NC(=O)C2CC(=O)N(Cc3ccc(Cl)cc3)C2)c(C)c1. The summed E-state index contributed by atoms with van der Waals surface area (Å²) in [6, 6.07) is 11.5. The van der Waals surface area contributed by atoms with Gasteiger partial charge in [0.1, 0.15) is 0 Å². The number of carbonyl (C=O) groups is 2. The van der Waals surface area contributed by atoms with Crippen molar-refractivity contribution in [1.82, 2.24) is 4.90 Å². The largest absolute Gasteiger partial charge is 0.338 e. The quantitative estimate of drug-likeness (QED) is 0.874. The highest BCUT2D eigenvalue weighted by atomic mass is 35.5. The van der Waals surface area contributed by atoms with Gasteiger partial charge in [0.25, 0.3) is 0 Å². The molecule has 3 rings (SSSR count). The maximum absolute atomic E-state index is 12.7. The molecule has 2 amide bonds. The van der Waals surface area contributed by atoms with E-state index in [1.165, 1.54) is 5.56 Å². The van der Waals surface area contributed by atoms with Gasteiger partial charge in [0.2, 0.25) is 11.8 Å². The summed E-state index contributed by atoms with van der Waals surface area (Å²) in [7, 11) is 0. The molecule has 2 aromatic carbocycles. The maximum Gasteiger partial charge on any atom is 0.229 e. The number of aryl methyl sites for hydroxylation is 3. The lowest BCUT2D eigenvalue weighted by atomic mass is 10.0. The highest BCUT2D eigenvalue weighted by Gasteiger charge is 2.34. The fraction of sp³-hybridized carbons (Fsp3) is 0.333. The number of carbonyl (C=O) groups excluding carboxylic acids is 2. The van der Waals surface area contributed by atoms with Crippen molar-refractivity contribution < 1.29 is 9.59 Å². The second-order valence-electron chi connectivity index (χ2n) is 7.06. The highest BCUT2D eigenvalue weighted by molar-refractivity contribution is 6.30. The number of likely N-dealkylation sites (tertiary alicyclic amines) is 1. The third-order valence-corrected chi connectivity index (χ3v) is 5.05. The van der Waals surface area contributed by atoms with Crippen molar-refractivity contribution in [3.8, 4) is 0 Å². The normalized spacial score (nSPS) is 16.8. The Kier molecular flexibility index (Phi) is 5.33. The first kappa shape index (κ1) is 18.5. The average molecular weight is 371 g/mol. The van der Waals surface area contributed by atoms with Gasteiger partial charge in [-0.3, -0.25) is 9.59 Å². The van der Waals surface area contributed by atoms with Gasteiger partial charge in [-0.15, -0.1) is 0 Å². The van der Waals surface area contributed by atoms with E-state index in [-0.39, 0.29) is 24.2 Å². The minimum Gasteiger partial charge on any atom is -0.338 e. The van der Waals surface area contributed by atoms with E-state index in [9.17, 15) is 9.59 Å². The molecule has 4 nitrogen and oxygen atoms in total. The van der Waals surface area contributed by atoms with Gasteiger partial charge < -0.3 is 10.2 Å². The Labute approximate surface area is 159 Å². The van der Waals surface area contributed by atoms with E-state index in [4.69, 9.17) is 11.6 Å². The summed E-state index contributed by atoms with van der Waals surface area (Å²) >= 11 is 5.90. The fourth-order valence-electron chi connectivity index (χ4n) is 3.51. The van der Waals surface area contributed by atoms with Gasteiger partial charge in [-0.1, -0.05) is 41.4 Å². The Balaban J connectivity index is 1.66. The Bertz CT molecular complexity index is 823. The number of anilines is 1. The monoisotopic (exact) mass is 370 g/mol. The number of nitrogens with one attached hydrogen (secondary N) is 1. The molecule has 0 radical (unpaired) electrons. The number of halogens is 1. The number of hydrogen-bond donors (Lipinski definition) is 1. The zero-order valence-electron chi connectivity index (χ0n) is 15.3. The number of nitrogens with zero attached hydrogens (tertiary/aromatic N) is 1. The molecule has 2 aromatic rings. The molecule has 0 saturated carbocycles. The minimum atomic E-state index is -0.324. The van der Waals surface area contributed by atoms with Crippen LogP contribution in [0, 0.1) is 26.7 Å². The van der Waals surface area contributed by atoms with Gasteiger partial charge in [-0.25, -0.2) is 0 Å². The predicted molar refractivity (Wildman–Crippen MR) is 104 cm³/mol. The van der Waals surface area contributed by atoms with E-state index in [1.807, 2.05) is 45.0 Å². The molecule has 0 bridgehead atoms. The second kappa shape index (κ2) is 7.50. The van der Waals surface area contributed by atoms with Crippen LogP contribution < -0.4 is 5.32 Å². The Hall–Kier alpha value is -2.33. The molecule has 1 saturated heterocycles. The molecule has 136 valence electrons. The van der Waals surface area contributed by atoms with Crippen molar-refractivity contribution in [2.45, 2.75) is 33.7 Å². The molecule has 26 heavy (non-hydrogen) atoms. The van der Waals surface area contributed by atoms with Crippen molar-refractivity contribution in [2.24, 2.45) is 5.92 Å². The van der Waals surface area contributed by atoms with Crippen molar-refractivity contribution in [3.63, 3.8) is 0 Å². The summed E-state index contributed by atoms with van der Waals surface area (Å²) in [6.07, 6.45) is 0.253. The summed E-state index contributed by atoms with van der Waals surface area (Å²) in [6.45, 7) is 6.96. The molecule has 0 aliphatic carbocycles. The van der Waals surface area contributed by atoms with E-state index < -0.39 is 0 Å². The summed E-state index contributed by atoms with van der Waals surface area (Å²) in [5.74, 6) is -0.403. The van der Waals surface area contributed by atoms with Crippen LogP contribution in [0.1, 0.15) is 28.7 Å². The average Bonchev–Trinajstić information content (AvgIpc) is 2.94. The third-order valence-electron chi connectivity index (χ3n) is 4.80. The molecule has 0 aromatic heterocycles. The smallest absolute Gasteiger partial charge is 0.229 e. The van der Waals surface area contributed by atoms with Crippen LogP contribution >= 0.6 is 11.6 Å². The van der Waals surface area contributed by atoms with Gasteiger partial charge in [0.05, 0.1) is 5.92 Å². The van der Waals surface area contributed by atoms with Crippen LogP contribution in [0.5, 0.6) is 0 Å². The lowest BCUT2D eigenvalue weighted by Gasteiger charge is -2.18. The van der Waals surface area contributed by atoms with Gasteiger partial charge in [0, 0.05) is 30.2 Å². The van der Waals surface area contributed by atoms with Crippen LogP contribution in [0.4, 0.5) is 5.69 Å². The molecule has 1 fully saturated rings. The molecule has 5 heteroatoms. The first-order chi connectivity index (χ1) is 12.3. The Morgan fingerprint density at radius 3 is 2.38 bits per heavy atom. The van der Waals surface area contributed by atoms with Crippen molar-refractivity contribution in [3.05, 3.63) is 63.7 Å². The number of hydrogen-bond acceptors (Lipinski definition) is 2. The first-order valence-corrected chi connectivity index (χ1v) is 9.12. The molecule has 1 N–H and O–H groups in total. The Morgan fingerprint density at radius 2 is 1.77 bits per heavy atom. The van der Waals surface area contributed by atoms with Crippen LogP contribution in [-0.4, -0.2) is 23.3 Å². The Morgan fingerprint density at radius 1 is 1.15 bits per heavy atom. The lowest BCUT2D eigenvalue weighted by molar-refractivity contribution is -0.128. The van der Waals surface area contributed by atoms with Gasteiger partial charge in [0.15, 0.2) is 0 Å². The van der Waals surface area contributed by atoms with Crippen LogP contribution in [0.2, 0.25) is 5.02 Å². The van der Waals surface area contributed by atoms with Crippen LogP contribution in [0.3, 0.4) is 0 Å². The van der Waals surface area contributed by atoms with E-state index in [2.05, 4.69) is 17.4 Å². The highest BCUT2D eigenvalue weighted by Crippen LogP contribution is 2.26. The first-order valence-electron chi connectivity index (χ1n) is 8.74. The van der Waals surface area contributed by atoms with Gasteiger partial charge >= 0.3 is 0 Å². The van der Waals surface area contributed by atoms with Crippen LogP contribution in [-0.2, 0) is 16.1 Å². The van der Waals surface area contributed by atoms with Crippen LogP contribution in [0.15, 0.2) is 36.4 Å². The number of rotatable bonds is 4. The molecule has 1 heterocycles. The topological polar surface area (TPSA) is 49.4 Å². The van der Waals surface area contributed by atoms with E-state index in [0.29, 0.717) is 18.1 Å². The van der Waals surface area contributed by atoms with E-state index >= 15 is 0 Å². The van der Waals surface area contributed by atoms with E-state index in [1.54, 1.807) is 4.90 Å². The molecule has 1 aliphatic rings. The van der Waals surface area contributed by atoms with Gasteiger partial charge in [-0.05, 0) is 49.6 Å². The molecule has 0 spiro atoms. The molecule has 1 unspecified atom stereocenters. The fourth-order valence-corrected chi connectivity index (χ4v) is 3.64. The van der Waals surface area contributed by atoms with Crippen molar-refractivity contribution in [1.29, 1.82) is 0 Å². The third kappa shape index (κ3) is 4.07. The standard InChI is InChI=1S/C21H23ClN2O2/c1-13-8-14(2)20(15(3)9-13)23-21(26)17-10-19(25)24(12-17)11-16-4-6-18(22)7-5-16/h4-9,17H,10-12H2,1-3H3,(H,23,26). The molecular formula is C21H23ClN2O2. The summed E-state index contributed by atoms with van der Waals surface area (Å²) in [4.78, 5) is 26.7. The second-order valence-corrected chi connectivity index (χ2v) is 7.50. The molecule has 1 atom stereocenters. The van der Waals surface area contributed by atoms with Crippen LogP contribution in [0.25, 0.3) is 0 Å². The molecule has 1 aliphatic heterocycles. The summed E-state index contributed by atoms with van der Waals surface area (Å²) < 4.78 is 0. The van der Waals surface area contributed by atoms with Crippen molar-refractivity contribution >= 4 is 29.1 Å². The number of benzene rings is 2. The zero-order valence-corrected chi connectivity index (χ0v) is 16.1. The minimum absolute atomic E-state index is 0.0115. The lowest BCUT2D eigenvalue weighted by Crippen LogP contribution is -2.28. The summed E-state index contributed by atoms with van der Waals surface area (Å²) in [5, 5.41) is 3.69. The predicted octanol–water partition coefficient (Wildman–Crippen LogP) is 4.25. The summed E-state index contributed by atoms with van der Waals surface area (Å²) in [5.41, 5.74) is 5.11. The zero-order chi connectivity index (χ0) is 18.8. The maximum atomic E-state index is 12.7.